The van der Waals surface area contributed by atoms with Gasteiger partial charge >= 0.3 is 0 Å². The normalized spacial score (nSPS) is 10.6. The molecule has 0 unspecified atom stereocenters. The van der Waals surface area contributed by atoms with E-state index in [4.69, 9.17) is 10.2 Å². The van der Waals surface area contributed by atoms with Crippen molar-refractivity contribution in [2.24, 2.45) is 0 Å². The summed E-state index contributed by atoms with van der Waals surface area (Å²) < 4.78 is 5.15. The van der Waals surface area contributed by atoms with Crippen LogP contribution in [0.1, 0.15) is 5.56 Å². The Labute approximate surface area is 110 Å². The molecule has 3 aromatic rings. The van der Waals surface area contributed by atoms with Gasteiger partial charge < -0.3 is 10.2 Å². The van der Waals surface area contributed by atoms with E-state index in [0.717, 1.165) is 22.3 Å². The highest BCUT2D eigenvalue weighted by molar-refractivity contribution is 5.70. The summed E-state index contributed by atoms with van der Waals surface area (Å²) in [4.78, 5) is 4.13. The average molecular weight is 252 g/mol. The Balaban J connectivity index is 1.98. The molecule has 5 nitrogen and oxygen atoms in total. The number of anilines is 1. The van der Waals surface area contributed by atoms with Gasteiger partial charge in [0.1, 0.15) is 5.82 Å². The zero-order valence-corrected chi connectivity index (χ0v) is 10.4. The molecule has 0 radical (unpaired) electrons. The first-order chi connectivity index (χ1) is 9.24. The molecule has 19 heavy (non-hydrogen) atoms. The monoisotopic (exact) mass is 252 g/mol. The maximum atomic E-state index is 5.66. The number of hydrogen-bond donors (Lipinski definition) is 1. The van der Waals surface area contributed by atoms with Crippen molar-refractivity contribution in [1.29, 1.82) is 0 Å². The van der Waals surface area contributed by atoms with Crippen LogP contribution < -0.4 is 5.73 Å². The van der Waals surface area contributed by atoms with Gasteiger partial charge in [-0.15, -0.1) is 10.2 Å². The SMILES string of the molecule is Cc1cc(N)ncc1-c1ccc(-c2nnco2)cc1. The van der Waals surface area contributed by atoms with Crippen LogP contribution in [0.3, 0.4) is 0 Å². The highest BCUT2D eigenvalue weighted by Crippen LogP contribution is 2.26. The molecule has 0 saturated carbocycles. The van der Waals surface area contributed by atoms with Crippen LogP contribution in [0.5, 0.6) is 0 Å². The molecule has 0 atom stereocenters. The van der Waals surface area contributed by atoms with Crippen LogP contribution in [0, 0.1) is 6.92 Å². The lowest BCUT2D eigenvalue weighted by Crippen LogP contribution is -1.92. The van der Waals surface area contributed by atoms with E-state index >= 15 is 0 Å². The van der Waals surface area contributed by atoms with Gasteiger partial charge in [-0.25, -0.2) is 4.98 Å². The van der Waals surface area contributed by atoms with Crippen molar-refractivity contribution in [3.63, 3.8) is 0 Å². The molecule has 94 valence electrons. The van der Waals surface area contributed by atoms with Gasteiger partial charge in [0.25, 0.3) is 0 Å². The Morgan fingerprint density at radius 2 is 1.84 bits per heavy atom. The molecule has 0 aliphatic heterocycles. The summed E-state index contributed by atoms with van der Waals surface area (Å²) in [7, 11) is 0. The van der Waals surface area contributed by atoms with Gasteiger partial charge in [-0.3, -0.25) is 0 Å². The fourth-order valence-corrected chi connectivity index (χ4v) is 1.97. The summed E-state index contributed by atoms with van der Waals surface area (Å²) in [6.45, 7) is 2.01. The van der Waals surface area contributed by atoms with E-state index in [1.54, 1.807) is 6.20 Å². The predicted molar refractivity (Wildman–Crippen MR) is 72.1 cm³/mol. The molecule has 0 aliphatic carbocycles. The lowest BCUT2D eigenvalue weighted by molar-refractivity contribution is 0.568. The van der Waals surface area contributed by atoms with Crippen molar-refractivity contribution in [2.45, 2.75) is 6.92 Å². The van der Waals surface area contributed by atoms with E-state index in [2.05, 4.69) is 15.2 Å². The Hall–Kier alpha value is -2.69. The van der Waals surface area contributed by atoms with Crippen LogP contribution >= 0.6 is 0 Å². The molecule has 0 aliphatic rings. The van der Waals surface area contributed by atoms with Crippen LogP contribution in [0.15, 0.2) is 47.3 Å². The summed E-state index contributed by atoms with van der Waals surface area (Å²) in [6, 6.07) is 9.75. The minimum absolute atomic E-state index is 0.513. The minimum Gasteiger partial charge on any atom is -0.423 e. The summed E-state index contributed by atoms with van der Waals surface area (Å²) in [5.41, 5.74) is 9.78. The number of nitrogens with zero attached hydrogens (tertiary/aromatic N) is 3. The van der Waals surface area contributed by atoms with Crippen molar-refractivity contribution >= 4 is 5.82 Å². The molecule has 2 heterocycles. The Morgan fingerprint density at radius 1 is 1.11 bits per heavy atom. The van der Waals surface area contributed by atoms with E-state index in [1.807, 2.05) is 37.3 Å². The van der Waals surface area contributed by atoms with Crippen LogP contribution in [0.2, 0.25) is 0 Å². The first kappa shape index (κ1) is 11.4. The molecule has 3 rings (SSSR count). The predicted octanol–water partition coefficient (Wildman–Crippen LogP) is 2.69. The lowest BCUT2D eigenvalue weighted by atomic mass is 10.0. The third-order valence-electron chi connectivity index (χ3n) is 2.93. The van der Waals surface area contributed by atoms with Crippen LogP contribution in [0.4, 0.5) is 5.82 Å². The molecule has 1 aromatic carbocycles. The number of benzene rings is 1. The molecule has 0 fully saturated rings. The number of hydrogen-bond acceptors (Lipinski definition) is 5. The van der Waals surface area contributed by atoms with Crippen molar-refractivity contribution < 1.29 is 4.42 Å². The van der Waals surface area contributed by atoms with Crippen molar-refractivity contribution in [2.75, 3.05) is 5.73 Å². The van der Waals surface area contributed by atoms with E-state index in [0.29, 0.717) is 11.7 Å². The zero-order valence-electron chi connectivity index (χ0n) is 10.4. The summed E-state index contributed by atoms with van der Waals surface area (Å²) >= 11 is 0. The highest BCUT2D eigenvalue weighted by atomic mass is 16.4. The third-order valence-corrected chi connectivity index (χ3v) is 2.93. The van der Waals surface area contributed by atoms with Gasteiger partial charge in [-0.05, 0) is 36.2 Å². The van der Waals surface area contributed by atoms with Crippen molar-refractivity contribution in [3.05, 3.63) is 48.5 Å². The van der Waals surface area contributed by atoms with Crippen molar-refractivity contribution in [3.8, 4) is 22.6 Å². The minimum atomic E-state index is 0.513. The molecular weight excluding hydrogens is 240 g/mol. The maximum absolute atomic E-state index is 5.66. The number of aryl methyl sites for hydroxylation is 1. The Kier molecular flexibility index (Phi) is 2.72. The smallest absolute Gasteiger partial charge is 0.247 e. The number of nitrogen functional groups attached to an aromatic ring is 1. The quantitative estimate of drug-likeness (QED) is 0.758. The van der Waals surface area contributed by atoms with Gasteiger partial charge in [-0.1, -0.05) is 12.1 Å². The molecule has 2 aromatic heterocycles. The second-order valence-corrected chi connectivity index (χ2v) is 4.25. The maximum Gasteiger partial charge on any atom is 0.247 e. The molecule has 0 saturated heterocycles. The molecule has 5 heteroatoms. The average Bonchev–Trinajstić information content (AvgIpc) is 2.93. The summed E-state index contributed by atoms with van der Waals surface area (Å²) in [6.07, 6.45) is 3.10. The van der Waals surface area contributed by atoms with Gasteiger partial charge in [-0.2, -0.15) is 0 Å². The second kappa shape index (κ2) is 4.53. The first-order valence-corrected chi connectivity index (χ1v) is 5.83. The summed E-state index contributed by atoms with van der Waals surface area (Å²) in [5, 5.41) is 7.53. The van der Waals surface area contributed by atoms with E-state index in [9.17, 15) is 0 Å². The van der Waals surface area contributed by atoms with E-state index in [-0.39, 0.29) is 0 Å². The fraction of sp³-hybridized carbons (Fsp3) is 0.0714. The van der Waals surface area contributed by atoms with E-state index in [1.165, 1.54) is 6.39 Å². The summed E-state index contributed by atoms with van der Waals surface area (Å²) in [5.74, 6) is 1.04. The number of nitrogens with two attached hydrogens (primary N) is 1. The van der Waals surface area contributed by atoms with E-state index < -0.39 is 0 Å². The Morgan fingerprint density at radius 3 is 2.47 bits per heavy atom. The third kappa shape index (κ3) is 2.18. The topological polar surface area (TPSA) is 77.8 Å². The van der Waals surface area contributed by atoms with Gasteiger partial charge in [0.05, 0.1) is 0 Å². The number of pyridine rings is 1. The highest BCUT2D eigenvalue weighted by Gasteiger charge is 2.06. The number of aromatic nitrogens is 3. The first-order valence-electron chi connectivity index (χ1n) is 5.83. The molecule has 0 amide bonds. The van der Waals surface area contributed by atoms with Gasteiger partial charge in [0, 0.05) is 17.3 Å². The molecular formula is C14H12N4O. The molecule has 0 bridgehead atoms. The van der Waals surface area contributed by atoms with Crippen molar-refractivity contribution in [1.82, 2.24) is 15.2 Å². The standard InChI is InChI=1S/C14H12N4O/c1-9-6-13(15)16-7-12(9)10-2-4-11(5-3-10)14-18-17-8-19-14/h2-8H,1H3,(H2,15,16). The largest absolute Gasteiger partial charge is 0.423 e. The Bertz CT molecular complexity index is 690. The lowest BCUT2D eigenvalue weighted by Gasteiger charge is -2.06. The molecule has 2 N–H and O–H groups in total. The second-order valence-electron chi connectivity index (χ2n) is 4.25. The molecule has 0 spiro atoms. The number of rotatable bonds is 2. The van der Waals surface area contributed by atoms with Crippen LogP contribution in [-0.2, 0) is 0 Å². The van der Waals surface area contributed by atoms with Gasteiger partial charge in [0.2, 0.25) is 12.3 Å². The van der Waals surface area contributed by atoms with Crippen LogP contribution in [0.25, 0.3) is 22.6 Å². The fourth-order valence-electron chi connectivity index (χ4n) is 1.97. The van der Waals surface area contributed by atoms with Gasteiger partial charge in [0.15, 0.2) is 0 Å². The zero-order chi connectivity index (χ0) is 13.2. The van der Waals surface area contributed by atoms with Crippen LogP contribution in [-0.4, -0.2) is 15.2 Å².